The van der Waals surface area contributed by atoms with Gasteiger partial charge in [0.15, 0.2) is 0 Å². The monoisotopic (exact) mass is 225 g/mol. The van der Waals surface area contributed by atoms with E-state index in [0.717, 1.165) is 11.0 Å². The Balaban J connectivity index is 0. The Morgan fingerprint density at radius 3 is 1.93 bits per heavy atom. The van der Waals surface area contributed by atoms with Gasteiger partial charge in [-0.3, -0.25) is 4.79 Å². The van der Waals surface area contributed by atoms with E-state index >= 15 is 0 Å². The molecule has 5 nitrogen and oxygen atoms in total. The lowest BCUT2D eigenvalue weighted by Gasteiger charge is -2.21. The van der Waals surface area contributed by atoms with E-state index in [9.17, 15) is 4.79 Å². The molecule has 4 N–H and O–H groups in total. The summed E-state index contributed by atoms with van der Waals surface area (Å²) in [5, 5.41) is 16.4. The van der Waals surface area contributed by atoms with Gasteiger partial charge >= 0.3 is 5.97 Å². The van der Waals surface area contributed by atoms with Gasteiger partial charge < -0.3 is 20.4 Å². The Morgan fingerprint density at radius 2 is 1.93 bits per heavy atom. The number of aliphatic hydroxyl groups is 1. The van der Waals surface area contributed by atoms with Gasteiger partial charge in [0.2, 0.25) is 0 Å². The van der Waals surface area contributed by atoms with Gasteiger partial charge in [-0.2, -0.15) is 12.6 Å². The topological polar surface area (TPSA) is 83.5 Å². The van der Waals surface area contributed by atoms with Crippen LogP contribution in [0.4, 0.5) is 0 Å². The first-order valence-electron chi connectivity index (χ1n) is 4.25. The molecule has 0 spiro atoms. The fraction of sp³-hybridized carbons (Fsp3) is 0.875. The van der Waals surface area contributed by atoms with Crippen molar-refractivity contribution in [1.82, 2.24) is 0 Å². The second kappa shape index (κ2) is 8.05. The second-order valence-corrected chi connectivity index (χ2v) is 4.23. The minimum Gasteiger partial charge on any atom is -0.480 e. The lowest BCUT2D eigenvalue weighted by Crippen LogP contribution is -2.36. The molecule has 0 aliphatic heterocycles. The van der Waals surface area contributed by atoms with Crippen molar-refractivity contribution in [3.63, 3.8) is 0 Å². The highest BCUT2D eigenvalue weighted by molar-refractivity contribution is 7.80. The summed E-state index contributed by atoms with van der Waals surface area (Å²) in [5.41, 5.74) is 4.94. The fourth-order valence-corrected chi connectivity index (χ4v) is 0.534. The van der Waals surface area contributed by atoms with E-state index in [1.54, 1.807) is 0 Å². The molecule has 1 atom stereocenters. The standard InChI is InChI=1S/C5H14NO.C3H7NO2S/c1-6(2,3)4-5-7;4-2(1-7)3(5)6/h7H,4-5H2,1-3H3;2,7H,1,4H2,(H,5,6)/q+1;. The average Bonchev–Trinajstić information content (AvgIpc) is 2.01. The SMILES string of the molecule is C[N+](C)(C)CCO.NC(CS)C(=O)O. The maximum absolute atomic E-state index is 9.76. The van der Waals surface area contributed by atoms with Gasteiger partial charge in [0.1, 0.15) is 12.6 Å². The van der Waals surface area contributed by atoms with E-state index in [0.29, 0.717) is 0 Å². The van der Waals surface area contributed by atoms with Crippen LogP contribution in [0.25, 0.3) is 0 Å². The highest BCUT2D eigenvalue weighted by atomic mass is 32.1. The summed E-state index contributed by atoms with van der Waals surface area (Å²) in [4.78, 5) is 9.76. The Labute approximate surface area is 90.5 Å². The molecule has 0 aliphatic rings. The number of aliphatic hydroxyl groups excluding tert-OH is 1. The summed E-state index contributed by atoms with van der Waals surface area (Å²) in [5.74, 6) is -0.815. The van der Waals surface area contributed by atoms with Crippen LogP contribution < -0.4 is 5.73 Å². The zero-order chi connectivity index (χ0) is 11.8. The normalized spacial score (nSPS) is 12.7. The zero-order valence-electron chi connectivity index (χ0n) is 8.97. The van der Waals surface area contributed by atoms with Crippen LogP contribution in [0, 0.1) is 0 Å². The van der Waals surface area contributed by atoms with Crippen molar-refractivity contribution in [2.45, 2.75) is 6.04 Å². The third-order valence-electron chi connectivity index (χ3n) is 1.28. The van der Waals surface area contributed by atoms with E-state index in [-0.39, 0.29) is 12.4 Å². The van der Waals surface area contributed by atoms with Crippen molar-refractivity contribution in [1.29, 1.82) is 0 Å². The van der Waals surface area contributed by atoms with Crippen LogP contribution in [0.15, 0.2) is 0 Å². The maximum atomic E-state index is 9.76. The van der Waals surface area contributed by atoms with Gasteiger partial charge in [-0.25, -0.2) is 0 Å². The summed E-state index contributed by atoms with van der Waals surface area (Å²) < 4.78 is 0.844. The molecule has 0 saturated carbocycles. The van der Waals surface area contributed by atoms with Crippen molar-refractivity contribution in [3.8, 4) is 0 Å². The molecule has 0 heterocycles. The van der Waals surface area contributed by atoms with E-state index in [1.165, 1.54) is 0 Å². The van der Waals surface area contributed by atoms with Crippen molar-refractivity contribution < 1.29 is 19.5 Å². The van der Waals surface area contributed by atoms with Crippen LogP contribution in [-0.4, -0.2) is 66.8 Å². The largest absolute Gasteiger partial charge is 0.480 e. The Morgan fingerprint density at radius 1 is 1.50 bits per heavy atom. The molecule has 0 amide bonds. The molecule has 0 aliphatic carbocycles. The molecule has 0 fully saturated rings. The molecule has 14 heavy (non-hydrogen) atoms. The highest BCUT2D eigenvalue weighted by Gasteiger charge is 2.06. The molecule has 0 bridgehead atoms. The molecule has 1 unspecified atom stereocenters. The lowest BCUT2D eigenvalue weighted by molar-refractivity contribution is -0.870. The van der Waals surface area contributed by atoms with E-state index < -0.39 is 12.0 Å². The molecule has 0 aromatic heterocycles. The quantitative estimate of drug-likeness (QED) is 0.366. The Kier molecular flexibility index (Phi) is 9.28. The van der Waals surface area contributed by atoms with E-state index in [1.807, 2.05) is 0 Å². The molecule has 0 rings (SSSR count). The third kappa shape index (κ3) is 14.2. The number of carboxylic acids is 1. The van der Waals surface area contributed by atoms with Crippen LogP contribution in [-0.2, 0) is 4.79 Å². The molecule has 6 heteroatoms. The van der Waals surface area contributed by atoms with Crippen LogP contribution >= 0.6 is 12.6 Å². The van der Waals surface area contributed by atoms with E-state index in [2.05, 4.69) is 33.8 Å². The number of hydrogen-bond donors (Lipinski definition) is 4. The second-order valence-electron chi connectivity index (χ2n) is 3.86. The first kappa shape index (κ1) is 16.1. The summed E-state index contributed by atoms with van der Waals surface area (Å²) in [6.07, 6.45) is 0. The highest BCUT2D eigenvalue weighted by Crippen LogP contribution is 1.84. The lowest BCUT2D eigenvalue weighted by atomic mass is 10.4. The minimum absolute atomic E-state index is 0.190. The summed E-state index contributed by atoms with van der Waals surface area (Å²) in [6, 6.07) is -0.816. The van der Waals surface area contributed by atoms with Gasteiger partial charge in [-0.1, -0.05) is 0 Å². The minimum atomic E-state index is -1.00. The molecule has 0 aromatic carbocycles. The number of quaternary nitrogens is 1. The predicted molar refractivity (Wildman–Crippen MR) is 59.4 cm³/mol. The van der Waals surface area contributed by atoms with Gasteiger partial charge in [0, 0.05) is 5.75 Å². The number of thiol groups is 1. The first-order valence-corrected chi connectivity index (χ1v) is 4.88. The number of carboxylic acid groups (broad SMARTS) is 1. The molecule has 0 saturated heterocycles. The number of nitrogens with two attached hydrogens (primary N) is 1. The Hall–Kier alpha value is -0.300. The van der Waals surface area contributed by atoms with Gasteiger partial charge in [-0.05, 0) is 0 Å². The van der Waals surface area contributed by atoms with Crippen molar-refractivity contribution >= 4 is 18.6 Å². The number of hydrogen-bond acceptors (Lipinski definition) is 4. The molecule has 0 aromatic rings. The number of carbonyl (C=O) groups is 1. The van der Waals surface area contributed by atoms with Crippen LogP contribution in [0.5, 0.6) is 0 Å². The number of nitrogens with zero attached hydrogens (tertiary/aromatic N) is 1. The number of aliphatic carboxylic acids is 1. The van der Waals surface area contributed by atoms with Gasteiger partial charge in [0.05, 0.1) is 27.7 Å². The fourth-order valence-electron chi connectivity index (χ4n) is 0.378. The van der Waals surface area contributed by atoms with Crippen molar-refractivity contribution in [2.24, 2.45) is 5.73 Å². The summed E-state index contributed by atoms with van der Waals surface area (Å²) in [7, 11) is 6.16. The Bertz CT molecular complexity index is 159. The van der Waals surface area contributed by atoms with Gasteiger partial charge in [-0.15, -0.1) is 0 Å². The van der Waals surface area contributed by atoms with Gasteiger partial charge in [0.25, 0.3) is 0 Å². The average molecular weight is 225 g/mol. The molecular formula is C8H21N2O3S+. The number of likely N-dealkylation sites (N-methyl/N-ethyl adjacent to an activating group) is 1. The molecular weight excluding hydrogens is 204 g/mol. The predicted octanol–water partition coefficient (Wildman–Crippen LogP) is -0.987. The van der Waals surface area contributed by atoms with Crippen LogP contribution in [0.1, 0.15) is 0 Å². The van der Waals surface area contributed by atoms with Crippen LogP contribution in [0.3, 0.4) is 0 Å². The van der Waals surface area contributed by atoms with E-state index in [4.69, 9.17) is 15.9 Å². The van der Waals surface area contributed by atoms with Crippen molar-refractivity contribution in [3.05, 3.63) is 0 Å². The third-order valence-corrected chi connectivity index (χ3v) is 1.68. The zero-order valence-corrected chi connectivity index (χ0v) is 9.87. The smallest absolute Gasteiger partial charge is 0.321 e. The number of rotatable bonds is 4. The van der Waals surface area contributed by atoms with Crippen molar-refractivity contribution in [2.75, 3.05) is 40.0 Å². The summed E-state index contributed by atoms with van der Waals surface area (Å²) in [6.45, 7) is 1.11. The molecule has 0 radical (unpaired) electrons. The maximum Gasteiger partial charge on any atom is 0.321 e. The first-order chi connectivity index (χ1) is 6.24. The molecule has 86 valence electrons. The van der Waals surface area contributed by atoms with Crippen LogP contribution in [0.2, 0.25) is 0 Å². The summed E-state index contributed by atoms with van der Waals surface area (Å²) >= 11 is 3.65.